The molecule has 0 heterocycles. The van der Waals surface area contributed by atoms with E-state index >= 15 is 0 Å². The lowest BCUT2D eigenvalue weighted by atomic mass is 9.56. The molecule has 176 valence electrons. The summed E-state index contributed by atoms with van der Waals surface area (Å²) in [5.74, 6) is 2.33. The molecule has 0 spiro atoms. The van der Waals surface area contributed by atoms with Gasteiger partial charge >= 0.3 is 0 Å². The van der Waals surface area contributed by atoms with E-state index in [1.165, 1.54) is 0 Å². The summed E-state index contributed by atoms with van der Waals surface area (Å²) in [7, 11) is 0. The van der Waals surface area contributed by atoms with E-state index in [4.69, 9.17) is 0 Å². The molecule has 3 aliphatic carbocycles. The molecule has 0 amide bonds. The van der Waals surface area contributed by atoms with Crippen LogP contribution in [0.3, 0.4) is 0 Å². The molecule has 3 saturated carbocycles. The second kappa shape index (κ2) is 9.53. The molecule has 0 radical (unpaired) electrons. The van der Waals surface area contributed by atoms with Gasteiger partial charge in [-0.1, -0.05) is 58.9 Å². The molecule has 3 nitrogen and oxygen atoms in total. The van der Waals surface area contributed by atoms with Crippen molar-refractivity contribution in [3.05, 3.63) is 36.0 Å². The van der Waals surface area contributed by atoms with Gasteiger partial charge in [-0.25, -0.2) is 0 Å². The molecule has 0 aromatic rings. The lowest BCUT2D eigenvalue weighted by Crippen LogP contribution is -2.56. The minimum absolute atomic E-state index is 0.0421. The van der Waals surface area contributed by atoms with Crippen LogP contribution in [0.25, 0.3) is 0 Å². The second-order valence-electron chi connectivity index (χ2n) is 11.6. The first-order chi connectivity index (χ1) is 14.5. The van der Waals surface area contributed by atoms with Crippen molar-refractivity contribution in [2.45, 2.75) is 104 Å². The van der Waals surface area contributed by atoms with Crippen LogP contribution in [-0.2, 0) is 0 Å². The minimum atomic E-state index is -1.09. The second-order valence-corrected chi connectivity index (χ2v) is 11.6. The molecule has 3 heteroatoms. The molecule has 2 unspecified atom stereocenters. The monoisotopic (exact) mass is 430 g/mol. The van der Waals surface area contributed by atoms with Crippen LogP contribution < -0.4 is 0 Å². The van der Waals surface area contributed by atoms with Crippen LogP contribution in [0.5, 0.6) is 0 Å². The van der Waals surface area contributed by atoms with E-state index in [2.05, 4.69) is 53.3 Å². The number of aliphatic hydroxyl groups is 3. The molecule has 3 N–H and O–H groups in total. The van der Waals surface area contributed by atoms with Crippen LogP contribution >= 0.6 is 0 Å². The molecule has 8 atom stereocenters. The predicted octanol–water partition coefficient (Wildman–Crippen LogP) is 5.81. The summed E-state index contributed by atoms with van der Waals surface area (Å²) >= 11 is 0. The smallest absolute Gasteiger partial charge is 0.102 e. The van der Waals surface area contributed by atoms with Gasteiger partial charge in [0.05, 0.1) is 11.7 Å². The van der Waals surface area contributed by atoms with Gasteiger partial charge in [0.15, 0.2) is 0 Å². The summed E-state index contributed by atoms with van der Waals surface area (Å²) < 4.78 is 0. The number of hydrogen-bond acceptors (Lipinski definition) is 3. The van der Waals surface area contributed by atoms with Crippen molar-refractivity contribution in [2.75, 3.05) is 0 Å². The maximum absolute atomic E-state index is 11.8. The van der Waals surface area contributed by atoms with Crippen LogP contribution in [-0.4, -0.2) is 33.1 Å². The average Bonchev–Trinajstić information content (AvgIpc) is 3.07. The summed E-state index contributed by atoms with van der Waals surface area (Å²) in [6, 6.07) is 0. The van der Waals surface area contributed by atoms with Gasteiger partial charge in [0.1, 0.15) is 6.10 Å². The van der Waals surface area contributed by atoms with Crippen LogP contribution in [0.15, 0.2) is 36.0 Å². The van der Waals surface area contributed by atoms with Crippen molar-refractivity contribution in [3.63, 3.8) is 0 Å². The molecule has 31 heavy (non-hydrogen) atoms. The Labute approximate surface area is 190 Å². The van der Waals surface area contributed by atoms with Crippen molar-refractivity contribution in [1.82, 2.24) is 0 Å². The van der Waals surface area contributed by atoms with Crippen LogP contribution in [0.1, 0.15) is 86.0 Å². The lowest BCUT2D eigenvalue weighted by molar-refractivity contribution is -0.155. The highest BCUT2D eigenvalue weighted by molar-refractivity contribution is 5.33. The quantitative estimate of drug-likeness (QED) is 0.466. The largest absolute Gasteiger partial charge is 0.393 e. The minimum Gasteiger partial charge on any atom is -0.393 e. The first-order valence-corrected chi connectivity index (χ1v) is 12.6. The standard InChI is InChI=1S/C28H46O3/c1-18(2)19(3)8-9-21(5)24-12-13-25-27(24,6)14-7-15-28(25,31)26(30)17-22-16-23(29)11-10-20(22)4/h8-9,17-19,21,23-26,29-31H,4,7,10-16H2,1-3,5-6H3/b9-8+,22-17-/t19-,21+,23-,24+,25+,26?,27+,28?/m0/s1. The number of hydrogen-bond donors (Lipinski definition) is 3. The molecule has 3 rings (SSSR count). The van der Waals surface area contributed by atoms with Crippen LogP contribution in [0, 0.1) is 35.0 Å². The average molecular weight is 431 g/mol. The summed E-state index contributed by atoms with van der Waals surface area (Å²) in [6.07, 6.45) is 12.2. The van der Waals surface area contributed by atoms with Gasteiger partial charge in [-0.2, -0.15) is 0 Å². The molecule has 3 fully saturated rings. The fourth-order valence-electron chi connectivity index (χ4n) is 6.82. The summed E-state index contributed by atoms with van der Waals surface area (Å²) in [6.45, 7) is 15.6. The van der Waals surface area contributed by atoms with Crippen LogP contribution in [0.2, 0.25) is 0 Å². The Balaban J connectivity index is 1.80. The van der Waals surface area contributed by atoms with Gasteiger partial charge in [-0.3, -0.25) is 0 Å². The fraction of sp³-hybridized carbons (Fsp3) is 0.786. The Morgan fingerprint density at radius 1 is 1.06 bits per heavy atom. The topological polar surface area (TPSA) is 60.7 Å². The van der Waals surface area contributed by atoms with Gasteiger partial charge in [0.2, 0.25) is 0 Å². The van der Waals surface area contributed by atoms with Crippen molar-refractivity contribution in [2.24, 2.45) is 35.0 Å². The van der Waals surface area contributed by atoms with Crippen LogP contribution in [0.4, 0.5) is 0 Å². The number of fused-ring (bicyclic) bond motifs is 1. The third-order valence-corrected chi connectivity index (χ3v) is 9.27. The zero-order valence-corrected chi connectivity index (χ0v) is 20.5. The van der Waals surface area contributed by atoms with E-state index in [1.807, 2.05) is 6.08 Å². The lowest BCUT2D eigenvalue weighted by Gasteiger charge is -2.52. The number of allylic oxidation sites excluding steroid dienone is 3. The maximum atomic E-state index is 11.8. The summed E-state index contributed by atoms with van der Waals surface area (Å²) in [5, 5.41) is 33.2. The molecule has 0 aromatic heterocycles. The third kappa shape index (κ3) is 4.89. The predicted molar refractivity (Wildman–Crippen MR) is 129 cm³/mol. The van der Waals surface area contributed by atoms with Gasteiger partial charge in [-0.15, -0.1) is 0 Å². The molecule has 0 aromatic carbocycles. The van der Waals surface area contributed by atoms with E-state index in [0.717, 1.165) is 49.7 Å². The summed E-state index contributed by atoms with van der Waals surface area (Å²) in [4.78, 5) is 0. The molecule has 0 aliphatic heterocycles. The van der Waals surface area contributed by atoms with Crippen molar-refractivity contribution in [1.29, 1.82) is 0 Å². The van der Waals surface area contributed by atoms with E-state index < -0.39 is 11.7 Å². The van der Waals surface area contributed by atoms with Gasteiger partial charge < -0.3 is 15.3 Å². The highest BCUT2D eigenvalue weighted by Gasteiger charge is 2.59. The first kappa shape index (κ1) is 24.7. The van der Waals surface area contributed by atoms with Gasteiger partial charge in [0.25, 0.3) is 0 Å². The Kier molecular flexibility index (Phi) is 7.61. The van der Waals surface area contributed by atoms with Crippen molar-refractivity contribution < 1.29 is 15.3 Å². The molecule has 3 aliphatic rings. The Morgan fingerprint density at radius 2 is 1.77 bits per heavy atom. The van der Waals surface area contributed by atoms with E-state index in [0.29, 0.717) is 36.5 Å². The Morgan fingerprint density at radius 3 is 2.45 bits per heavy atom. The number of rotatable bonds is 6. The highest BCUT2D eigenvalue weighted by atomic mass is 16.3. The van der Waals surface area contributed by atoms with Gasteiger partial charge in [-0.05, 0) is 98.0 Å². The fourth-order valence-corrected chi connectivity index (χ4v) is 6.82. The Bertz CT molecular complexity index is 707. The van der Waals surface area contributed by atoms with Crippen molar-refractivity contribution >= 4 is 0 Å². The molecular formula is C28H46O3. The zero-order chi connectivity index (χ0) is 23.0. The zero-order valence-electron chi connectivity index (χ0n) is 20.5. The SMILES string of the molecule is C=C1CC[C@H](O)C/C1=C/C(O)C1(O)CCC[C@]2(C)[C@@H]([C@H](C)/C=C/[C@H](C)C(C)C)CC[C@@H]12. The Hall–Kier alpha value is -0.900. The molecule has 0 saturated heterocycles. The van der Waals surface area contributed by atoms with Crippen molar-refractivity contribution in [3.8, 4) is 0 Å². The van der Waals surface area contributed by atoms with Gasteiger partial charge in [0, 0.05) is 0 Å². The maximum Gasteiger partial charge on any atom is 0.102 e. The first-order valence-electron chi connectivity index (χ1n) is 12.6. The van der Waals surface area contributed by atoms with E-state index in [9.17, 15) is 15.3 Å². The normalized spacial score (nSPS) is 41.0. The summed E-state index contributed by atoms with van der Waals surface area (Å²) in [5.41, 5.74) is 0.876. The third-order valence-electron chi connectivity index (χ3n) is 9.27. The van der Waals surface area contributed by atoms with E-state index in [-0.39, 0.29) is 17.4 Å². The molecule has 0 bridgehead atoms. The molecular weight excluding hydrogens is 384 g/mol. The number of aliphatic hydroxyl groups excluding tert-OH is 2. The highest BCUT2D eigenvalue weighted by Crippen LogP contribution is 2.61. The van der Waals surface area contributed by atoms with E-state index in [1.54, 1.807) is 0 Å².